The second-order valence-electron chi connectivity index (χ2n) is 10.0. The molecule has 220 valence electrons. The number of ketones is 1. The SMILES string of the molecule is CCCCC(CC(=O)CC(CCCC)S(=O)(=O)CC=Cc1ccc(Cl)cc1)S(=O)(=O)CC=Cc1ccc(Cl)cc1. The van der Waals surface area contributed by atoms with Gasteiger partial charge in [0.25, 0.3) is 0 Å². The molecule has 0 spiro atoms. The molecule has 0 aromatic heterocycles. The van der Waals surface area contributed by atoms with Crippen LogP contribution in [0.1, 0.15) is 76.3 Å². The summed E-state index contributed by atoms with van der Waals surface area (Å²) in [5.41, 5.74) is 1.66. The second-order valence-corrected chi connectivity index (χ2v) is 15.6. The molecular formula is C31H40Cl2O5S2. The van der Waals surface area contributed by atoms with Crippen LogP contribution in [0.2, 0.25) is 10.0 Å². The predicted octanol–water partition coefficient (Wildman–Crippen LogP) is 8.02. The standard InChI is InChI=1S/C31H40Cl2O5S2/c1-3-5-11-30(39(35,36)21-7-9-25-13-17-27(32)18-14-25)23-29(34)24-31(12-6-4-2)40(37,38)22-8-10-26-15-19-28(33)20-16-26/h7-10,13-20,30-31H,3-6,11-12,21-24H2,1-2H3. The average molecular weight is 628 g/mol. The Hall–Kier alpha value is -1.93. The lowest BCUT2D eigenvalue weighted by Gasteiger charge is -2.19. The maximum Gasteiger partial charge on any atom is 0.157 e. The van der Waals surface area contributed by atoms with Gasteiger partial charge < -0.3 is 0 Å². The Balaban J connectivity index is 2.10. The molecular weight excluding hydrogens is 587 g/mol. The highest BCUT2D eigenvalue weighted by Crippen LogP contribution is 2.22. The van der Waals surface area contributed by atoms with E-state index in [1.165, 1.54) is 0 Å². The first-order valence-corrected chi connectivity index (χ1v) is 17.9. The maximum absolute atomic E-state index is 13.2. The third kappa shape index (κ3) is 12.3. The second kappa shape index (κ2) is 17.1. The lowest BCUT2D eigenvalue weighted by atomic mass is 10.0. The normalized spacial score (nSPS) is 14.1. The topological polar surface area (TPSA) is 85.3 Å². The first-order valence-electron chi connectivity index (χ1n) is 13.8. The van der Waals surface area contributed by atoms with Crippen molar-refractivity contribution in [1.29, 1.82) is 0 Å². The number of carbonyl (C=O) groups is 1. The summed E-state index contributed by atoms with van der Waals surface area (Å²) < 4.78 is 52.8. The van der Waals surface area contributed by atoms with Gasteiger partial charge in [0.1, 0.15) is 5.78 Å². The lowest BCUT2D eigenvalue weighted by Crippen LogP contribution is -2.31. The fourth-order valence-electron chi connectivity index (χ4n) is 4.33. The predicted molar refractivity (Wildman–Crippen MR) is 169 cm³/mol. The van der Waals surface area contributed by atoms with Crippen molar-refractivity contribution in [2.24, 2.45) is 0 Å². The Kier molecular flexibility index (Phi) is 14.7. The minimum atomic E-state index is -3.61. The van der Waals surface area contributed by atoms with E-state index < -0.39 is 30.2 Å². The van der Waals surface area contributed by atoms with E-state index in [4.69, 9.17) is 23.2 Å². The van der Waals surface area contributed by atoms with Gasteiger partial charge in [0.15, 0.2) is 19.7 Å². The van der Waals surface area contributed by atoms with Crippen molar-refractivity contribution in [3.8, 4) is 0 Å². The number of carbonyl (C=O) groups excluding carboxylic acids is 1. The molecule has 2 aromatic rings. The van der Waals surface area contributed by atoms with Gasteiger partial charge in [-0.3, -0.25) is 4.79 Å². The summed E-state index contributed by atoms with van der Waals surface area (Å²) in [7, 11) is -7.22. The highest BCUT2D eigenvalue weighted by atomic mass is 35.5. The number of hydrogen-bond acceptors (Lipinski definition) is 5. The van der Waals surface area contributed by atoms with E-state index in [9.17, 15) is 21.6 Å². The fourth-order valence-corrected chi connectivity index (χ4v) is 7.79. The van der Waals surface area contributed by atoms with Crippen LogP contribution in [0.5, 0.6) is 0 Å². The van der Waals surface area contributed by atoms with Gasteiger partial charge in [-0.05, 0) is 48.2 Å². The van der Waals surface area contributed by atoms with E-state index in [0.29, 0.717) is 35.7 Å². The largest absolute Gasteiger partial charge is 0.300 e. The number of hydrogen-bond donors (Lipinski definition) is 0. The van der Waals surface area contributed by atoms with Crippen LogP contribution in [-0.4, -0.2) is 44.6 Å². The van der Waals surface area contributed by atoms with E-state index in [1.54, 1.807) is 72.8 Å². The van der Waals surface area contributed by atoms with Crippen molar-refractivity contribution in [2.75, 3.05) is 11.5 Å². The maximum atomic E-state index is 13.2. The summed E-state index contributed by atoms with van der Waals surface area (Å²) >= 11 is 11.8. The van der Waals surface area contributed by atoms with Crippen molar-refractivity contribution in [3.05, 3.63) is 81.9 Å². The summed E-state index contributed by atoms with van der Waals surface area (Å²) in [5, 5.41) is -0.484. The molecule has 0 radical (unpaired) electrons. The smallest absolute Gasteiger partial charge is 0.157 e. The highest BCUT2D eigenvalue weighted by molar-refractivity contribution is 7.92. The zero-order valence-corrected chi connectivity index (χ0v) is 26.4. The van der Waals surface area contributed by atoms with Gasteiger partial charge in [0.2, 0.25) is 0 Å². The third-order valence-electron chi connectivity index (χ3n) is 6.70. The molecule has 0 bridgehead atoms. The fraction of sp³-hybridized carbons (Fsp3) is 0.452. The molecule has 2 aromatic carbocycles. The van der Waals surface area contributed by atoms with Crippen molar-refractivity contribution < 1.29 is 21.6 Å². The van der Waals surface area contributed by atoms with Gasteiger partial charge in [-0.25, -0.2) is 16.8 Å². The van der Waals surface area contributed by atoms with Crippen molar-refractivity contribution in [1.82, 2.24) is 0 Å². The van der Waals surface area contributed by atoms with E-state index in [-0.39, 0.29) is 30.1 Å². The minimum absolute atomic E-state index is 0.171. The average Bonchev–Trinajstić information content (AvgIpc) is 2.91. The lowest BCUT2D eigenvalue weighted by molar-refractivity contribution is -0.119. The summed E-state index contributed by atoms with van der Waals surface area (Å²) in [6.45, 7) is 3.94. The molecule has 40 heavy (non-hydrogen) atoms. The number of sulfone groups is 2. The highest BCUT2D eigenvalue weighted by Gasteiger charge is 2.31. The van der Waals surface area contributed by atoms with Crippen LogP contribution >= 0.6 is 23.2 Å². The number of halogens is 2. The molecule has 0 N–H and O–H groups in total. The zero-order valence-electron chi connectivity index (χ0n) is 23.3. The van der Waals surface area contributed by atoms with E-state index in [1.807, 2.05) is 13.8 Å². The molecule has 2 atom stereocenters. The molecule has 2 rings (SSSR count). The van der Waals surface area contributed by atoms with Gasteiger partial charge in [-0.2, -0.15) is 0 Å². The first kappa shape index (κ1) is 34.3. The Morgan fingerprint density at radius 2 is 1.02 bits per heavy atom. The zero-order chi connectivity index (χ0) is 29.6. The van der Waals surface area contributed by atoms with Crippen LogP contribution in [0.25, 0.3) is 12.2 Å². The van der Waals surface area contributed by atoms with E-state index in [2.05, 4.69) is 0 Å². The molecule has 0 amide bonds. The van der Waals surface area contributed by atoms with Gasteiger partial charge in [-0.1, -0.05) is 111 Å². The van der Waals surface area contributed by atoms with Gasteiger partial charge >= 0.3 is 0 Å². The molecule has 5 nitrogen and oxygen atoms in total. The van der Waals surface area contributed by atoms with E-state index >= 15 is 0 Å². The Bertz CT molecular complexity index is 1230. The number of unbranched alkanes of at least 4 members (excludes halogenated alkanes) is 2. The minimum Gasteiger partial charge on any atom is -0.300 e. The number of benzene rings is 2. The third-order valence-corrected chi connectivity index (χ3v) is 11.4. The Morgan fingerprint density at radius 1 is 0.675 bits per heavy atom. The summed E-state index contributed by atoms with van der Waals surface area (Å²) in [6.07, 6.45) is 9.96. The van der Waals surface area contributed by atoms with Crippen molar-refractivity contribution >= 4 is 60.8 Å². The first-order chi connectivity index (χ1) is 19.0. The molecule has 0 saturated carbocycles. The van der Waals surface area contributed by atoms with Crippen LogP contribution < -0.4 is 0 Å². The quantitative estimate of drug-likeness (QED) is 0.167. The monoisotopic (exact) mass is 626 g/mol. The van der Waals surface area contributed by atoms with Gasteiger partial charge in [0, 0.05) is 22.9 Å². The van der Waals surface area contributed by atoms with Gasteiger partial charge in [-0.15, -0.1) is 0 Å². The van der Waals surface area contributed by atoms with Crippen LogP contribution in [-0.2, 0) is 24.5 Å². The molecule has 0 aliphatic heterocycles. The molecule has 0 saturated heterocycles. The molecule has 0 fully saturated rings. The molecule has 2 unspecified atom stereocenters. The Morgan fingerprint density at radius 3 is 1.35 bits per heavy atom. The summed E-state index contributed by atoms with van der Waals surface area (Å²) in [6, 6.07) is 14.1. The molecule has 0 aliphatic rings. The molecule has 0 heterocycles. The molecule has 0 aliphatic carbocycles. The van der Waals surface area contributed by atoms with Gasteiger partial charge in [0.05, 0.1) is 22.0 Å². The summed E-state index contributed by atoms with van der Waals surface area (Å²) in [5.74, 6) is -0.702. The van der Waals surface area contributed by atoms with Crippen LogP contribution in [0.4, 0.5) is 0 Å². The van der Waals surface area contributed by atoms with Crippen molar-refractivity contribution in [3.63, 3.8) is 0 Å². The van der Waals surface area contributed by atoms with Crippen LogP contribution in [0.3, 0.4) is 0 Å². The Labute approximate surface area is 250 Å². The van der Waals surface area contributed by atoms with E-state index in [0.717, 1.165) is 24.0 Å². The number of Topliss-reactive ketones (excluding diaryl/α,β-unsaturated/α-hetero) is 1. The van der Waals surface area contributed by atoms with Crippen LogP contribution in [0, 0.1) is 0 Å². The van der Waals surface area contributed by atoms with Crippen LogP contribution in [0.15, 0.2) is 60.7 Å². The molecule has 9 heteroatoms. The van der Waals surface area contributed by atoms with Crippen molar-refractivity contribution in [2.45, 2.75) is 75.7 Å². The summed E-state index contributed by atoms with van der Waals surface area (Å²) in [4.78, 5) is 13.1. The number of rotatable bonds is 18.